The number of aryl methyl sites for hydroxylation is 1. The van der Waals surface area contributed by atoms with Crippen molar-refractivity contribution >= 4 is 39.1 Å². The van der Waals surface area contributed by atoms with E-state index in [1.54, 1.807) is 48.5 Å². The zero-order valence-corrected chi connectivity index (χ0v) is 15.7. The number of rotatable bonds is 4. The fraction of sp³-hybridized carbons (Fsp3) is 0.0476. The van der Waals surface area contributed by atoms with E-state index >= 15 is 0 Å². The van der Waals surface area contributed by atoms with Gasteiger partial charge >= 0.3 is 0 Å². The van der Waals surface area contributed by atoms with Gasteiger partial charge in [0.1, 0.15) is 0 Å². The van der Waals surface area contributed by atoms with Gasteiger partial charge in [-0.3, -0.25) is 9.59 Å². The Kier molecular flexibility index (Phi) is 5.49. The van der Waals surface area contributed by atoms with Crippen molar-refractivity contribution < 1.29 is 9.59 Å². The molecule has 0 bridgehead atoms. The Labute approximate surface area is 160 Å². The van der Waals surface area contributed by atoms with Gasteiger partial charge in [-0.1, -0.05) is 46.3 Å². The minimum atomic E-state index is -0.214. The number of amides is 2. The zero-order chi connectivity index (χ0) is 18.5. The molecule has 0 saturated heterocycles. The van der Waals surface area contributed by atoms with Crippen molar-refractivity contribution in [3.8, 4) is 0 Å². The molecule has 0 spiro atoms. The average Bonchev–Trinajstić information content (AvgIpc) is 2.62. The van der Waals surface area contributed by atoms with Crippen LogP contribution >= 0.6 is 15.9 Å². The molecule has 26 heavy (non-hydrogen) atoms. The zero-order valence-electron chi connectivity index (χ0n) is 14.1. The van der Waals surface area contributed by atoms with E-state index in [0.29, 0.717) is 22.5 Å². The molecule has 0 unspecified atom stereocenters. The Hall–Kier alpha value is -2.92. The summed E-state index contributed by atoms with van der Waals surface area (Å²) in [4.78, 5) is 24.8. The van der Waals surface area contributed by atoms with Gasteiger partial charge in [-0.25, -0.2) is 0 Å². The molecule has 3 aromatic carbocycles. The quantitative estimate of drug-likeness (QED) is 0.618. The summed E-state index contributed by atoms with van der Waals surface area (Å²) in [5.74, 6) is -0.396. The molecule has 0 aliphatic carbocycles. The second kappa shape index (κ2) is 7.97. The van der Waals surface area contributed by atoms with E-state index in [1.165, 1.54) is 0 Å². The van der Waals surface area contributed by atoms with E-state index in [-0.39, 0.29) is 11.8 Å². The van der Waals surface area contributed by atoms with Crippen LogP contribution in [0.15, 0.2) is 77.3 Å². The maximum Gasteiger partial charge on any atom is 0.255 e. The van der Waals surface area contributed by atoms with Crippen molar-refractivity contribution in [2.45, 2.75) is 6.92 Å². The molecule has 3 rings (SSSR count). The first-order valence-corrected chi connectivity index (χ1v) is 8.86. The number of halogens is 1. The number of hydrogen-bond donors (Lipinski definition) is 2. The Morgan fingerprint density at radius 1 is 0.769 bits per heavy atom. The molecular formula is C21H17BrN2O2. The van der Waals surface area contributed by atoms with Gasteiger partial charge in [-0.2, -0.15) is 0 Å². The molecule has 3 aromatic rings. The van der Waals surface area contributed by atoms with E-state index in [0.717, 1.165) is 10.0 Å². The third-order valence-electron chi connectivity index (χ3n) is 3.85. The van der Waals surface area contributed by atoms with Crippen LogP contribution in [0.5, 0.6) is 0 Å². The van der Waals surface area contributed by atoms with Gasteiger partial charge in [0.05, 0.1) is 0 Å². The number of benzene rings is 3. The third-order valence-corrected chi connectivity index (χ3v) is 4.35. The topological polar surface area (TPSA) is 58.2 Å². The summed E-state index contributed by atoms with van der Waals surface area (Å²) in [6.07, 6.45) is 0. The van der Waals surface area contributed by atoms with Gasteiger partial charge < -0.3 is 10.6 Å². The highest BCUT2D eigenvalue weighted by atomic mass is 79.9. The van der Waals surface area contributed by atoms with Gasteiger partial charge in [-0.15, -0.1) is 0 Å². The van der Waals surface area contributed by atoms with Gasteiger partial charge in [0, 0.05) is 27.0 Å². The molecule has 2 amide bonds. The average molecular weight is 409 g/mol. The van der Waals surface area contributed by atoms with Crippen LogP contribution in [0.25, 0.3) is 0 Å². The van der Waals surface area contributed by atoms with E-state index in [2.05, 4.69) is 26.6 Å². The summed E-state index contributed by atoms with van der Waals surface area (Å²) < 4.78 is 0.837. The first-order chi connectivity index (χ1) is 12.5. The van der Waals surface area contributed by atoms with Crippen molar-refractivity contribution in [1.82, 2.24) is 0 Å². The molecule has 2 N–H and O–H groups in total. The third kappa shape index (κ3) is 4.37. The van der Waals surface area contributed by atoms with Crippen LogP contribution in [0.4, 0.5) is 11.4 Å². The minimum absolute atomic E-state index is 0.182. The van der Waals surface area contributed by atoms with Crippen LogP contribution in [0.3, 0.4) is 0 Å². The van der Waals surface area contributed by atoms with Crippen LogP contribution in [-0.4, -0.2) is 11.8 Å². The lowest BCUT2D eigenvalue weighted by atomic mass is 10.1. The number of nitrogens with one attached hydrogen (secondary N) is 2. The van der Waals surface area contributed by atoms with Crippen LogP contribution in [0, 0.1) is 6.92 Å². The summed E-state index contributed by atoms with van der Waals surface area (Å²) in [6, 6.07) is 21.6. The standard InChI is InChI=1S/C21H17BrN2O2/c1-14-6-2-3-11-19(14)21(26)24-18-10-5-9-17(13-18)23-20(25)15-7-4-8-16(22)12-15/h2-13H,1H3,(H,23,25)(H,24,26). The maximum absolute atomic E-state index is 12.4. The lowest BCUT2D eigenvalue weighted by molar-refractivity contribution is 0.101. The summed E-state index contributed by atoms with van der Waals surface area (Å²) in [5.41, 5.74) is 3.30. The summed E-state index contributed by atoms with van der Waals surface area (Å²) in [5, 5.41) is 5.70. The largest absolute Gasteiger partial charge is 0.322 e. The maximum atomic E-state index is 12.4. The summed E-state index contributed by atoms with van der Waals surface area (Å²) >= 11 is 3.36. The highest BCUT2D eigenvalue weighted by Crippen LogP contribution is 2.19. The van der Waals surface area contributed by atoms with Crippen LogP contribution in [0.2, 0.25) is 0 Å². The van der Waals surface area contributed by atoms with E-state index < -0.39 is 0 Å². The molecule has 0 saturated carbocycles. The fourth-order valence-electron chi connectivity index (χ4n) is 2.53. The molecule has 0 heterocycles. The van der Waals surface area contributed by atoms with E-state index in [4.69, 9.17) is 0 Å². The number of anilines is 2. The normalized spacial score (nSPS) is 10.2. The van der Waals surface area contributed by atoms with Crippen molar-refractivity contribution in [3.05, 3.63) is 94.0 Å². The lowest BCUT2D eigenvalue weighted by Crippen LogP contribution is -2.14. The van der Waals surface area contributed by atoms with Gasteiger partial charge in [-0.05, 0) is 55.0 Å². The smallest absolute Gasteiger partial charge is 0.255 e. The number of carbonyl (C=O) groups excluding carboxylic acids is 2. The van der Waals surface area contributed by atoms with Gasteiger partial charge in [0.25, 0.3) is 11.8 Å². The molecule has 0 atom stereocenters. The Morgan fingerprint density at radius 2 is 1.42 bits per heavy atom. The number of carbonyl (C=O) groups is 2. The SMILES string of the molecule is Cc1ccccc1C(=O)Nc1cccc(NC(=O)c2cccc(Br)c2)c1. The van der Waals surface area contributed by atoms with Crippen molar-refractivity contribution in [3.63, 3.8) is 0 Å². The molecule has 0 aliphatic heterocycles. The first kappa shape index (κ1) is 17.9. The molecule has 0 aromatic heterocycles. The second-order valence-electron chi connectivity index (χ2n) is 5.81. The highest BCUT2D eigenvalue weighted by molar-refractivity contribution is 9.10. The lowest BCUT2D eigenvalue weighted by Gasteiger charge is -2.10. The summed E-state index contributed by atoms with van der Waals surface area (Å²) in [7, 11) is 0. The predicted octanol–water partition coefficient (Wildman–Crippen LogP) is 5.26. The first-order valence-electron chi connectivity index (χ1n) is 8.07. The summed E-state index contributed by atoms with van der Waals surface area (Å²) in [6.45, 7) is 1.89. The van der Waals surface area contributed by atoms with Gasteiger partial charge in [0.15, 0.2) is 0 Å². The van der Waals surface area contributed by atoms with E-state index in [9.17, 15) is 9.59 Å². The highest BCUT2D eigenvalue weighted by Gasteiger charge is 2.10. The van der Waals surface area contributed by atoms with Crippen LogP contribution in [0.1, 0.15) is 26.3 Å². The molecule has 130 valence electrons. The number of hydrogen-bond acceptors (Lipinski definition) is 2. The predicted molar refractivity (Wildman–Crippen MR) is 108 cm³/mol. The Bertz CT molecular complexity index is 969. The Morgan fingerprint density at radius 3 is 2.12 bits per heavy atom. The van der Waals surface area contributed by atoms with Crippen molar-refractivity contribution in [2.24, 2.45) is 0 Å². The molecule has 0 radical (unpaired) electrons. The van der Waals surface area contributed by atoms with Crippen molar-refractivity contribution in [2.75, 3.05) is 10.6 Å². The van der Waals surface area contributed by atoms with Crippen LogP contribution < -0.4 is 10.6 Å². The van der Waals surface area contributed by atoms with Crippen LogP contribution in [-0.2, 0) is 0 Å². The molecule has 0 fully saturated rings. The van der Waals surface area contributed by atoms with Crippen molar-refractivity contribution in [1.29, 1.82) is 0 Å². The fourth-order valence-corrected chi connectivity index (χ4v) is 2.93. The molecule has 5 heteroatoms. The second-order valence-corrected chi connectivity index (χ2v) is 6.73. The monoisotopic (exact) mass is 408 g/mol. The Balaban J connectivity index is 1.73. The molecule has 0 aliphatic rings. The molecular weight excluding hydrogens is 392 g/mol. The van der Waals surface area contributed by atoms with Gasteiger partial charge in [0.2, 0.25) is 0 Å². The minimum Gasteiger partial charge on any atom is -0.322 e. The van der Waals surface area contributed by atoms with E-state index in [1.807, 2.05) is 31.2 Å². The molecule has 4 nitrogen and oxygen atoms in total.